The SMILES string of the molecule is CC1CCCN(c2ncc(/C=C/C(=O)O)cn2)CC1. The van der Waals surface area contributed by atoms with E-state index < -0.39 is 5.97 Å². The summed E-state index contributed by atoms with van der Waals surface area (Å²) in [5.41, 5.74) is 0.703. The molecule has 102 valence electrons. The first-order valence-electron chi connectivity index (χ1n) is 6.63. The third-order valence-corrected chi connectivity index (χ3v) is 3.38. The second-order valence-corrected chi connectivity index (χ2v) is 5.01. The van der Waals surface area contributed by atoms with Crippen molar-refractivity contribution in [3.8, 4) is 0 Å². The number of hydrogen-bond donors (Lipinski definition) is 1. The Morgan fingerprint density at radius 1 is 1.37 bits per heavy atom. The van der Waals surface area contributed by atoms with Gasteiger partial charge < -0.3 is 10.0 Å². The van der Waals surface area contributed by atoms with Crippen LogP contribution >= 0.6 is 0 Å². The number of aliphatic carboxylic acids is 1. The van der Waals surface area contributed by atoms with Gasteiger partial charge in [0, 0.05) is 37.1 Å². The van der Waals surface area contributed by atoms with Gasteiger partial charge in [0.2, 0.25) is 5.95 Å². The summed E-state index contributed by atoms with van der Waals surface area (Å²) >= 11 is 0. The molecule has 0 aliphatic carbocycles. The third kappa shape index (κ3) is 4.05. The first-order chi connectivity index (χ1) is 9.15. The summed E-state index contributed by atoms with van der Waals surface area (Å²) < 4.78 is 0. The van der Waals surface area contributed by atoms with Gasteiger partial charge in [-0.2, -0.15) is 0 Å². The molecule has 0 aromatic carbocycles. The average Bonchev–Trinajstić information content (AvgIpc) is 2.62. The summed E-state index contributed by atoms with van der Waals surface area (Å²) in [5.74, 6) is 0.537. The zero-order valence-electron chi connectivity index (χ0n) is 11.1. The first kappa shape index (κ1) is 13.5. The summed E-state index contributed by atoms with van der Waals surface area (Å²) in [7, 11) is 0. The van der Waals surface area contributed by atoms with Gasteiger partial charge in [-0.1, -0.05) is 6.92 Å². The highest BCUT2D eigenvalue weighted by Gasteiger charge is 2.15. The fourth-order valence-electron chi connectivity index (χ4n) is 2.21. The topological polar surface area (TPSA) is 66.3 Å². The van der Waals surface area contributed by atoms with E-state index in [2.05, 4.69) is 21.8 Å². The van der Waals surface area contributed by atoms with Gasteiger partial charge in [0.05, 0.1) is 0 Å². The molecule has 0 amide bonds. The number of carboxylic acid groups (broad SMARTS) is 1. The van der Waals surface area contributed by atoms with Crippen molar-refractivity contribution in [1.82, 2.24) is 9.97 Å². The van der Waals surface area contributed by atoms with Crippen LogP contribution < -0.4 is 4.90 Å². The molecule has 0 bridgehead atoms. The highest BCUT2D eigenvalue weighted by atomic mass is 16.4. The van der Waals surface area contributed by atoms with Gasteiger partial charge >= 0.3 is 5.97 Å². The minimum Gasteiger partial charge on any atom is -0.478 e. The van der Waals surface area contributed by atoms with Crippen LogP contribution in [0.5, 0.6) is 0 Å². The summed E-state index contributed by atoms with van der Waals surface area (Å²) in [4.78, 5) is 21.3. The summed E-state index contributed by atoms with van der Waals surface area (Å²) in [5, 5.41) is 8.55. The van der Waals surface area contributed by atoms with Crippen molar-refractivity contribution in [3.63, 3.8) is 0 Å². The molecule has 1 N–H and O–H groups in total. The van der Waals surface area contributed by atoms with Crippen LogP contribution in [0.1, 0.15) is 31.7 Å². The molecule has 0 saturated carbocycles. The lowest BCUT2D eigenvalue weighted by molar-refractivity contribution is -0.131. The van der Waals surface area contributed by atoms with Crippen molar-refractivity contribution in [1.29, 1.82) is 0 Å². The molecule has 2 heterocycles. The van der Waals surface area contributed by atoms with Crippen molar-refractivity contribution >= 4 is 18.0 Å². The van der Waals surface area contributed by atoms with E-state index in [1.54, 1.807) is 12.4 Å². The molecule has 5 heteroatoms. The minimum atomic E-state index is -0.967. The van der Waals surface area contributed by atoms with Crippen LogP contribution in [-0.2, 0) is 4.79 Å². The Morgan fingerprint density at radius 3 is 2.79 bits per heavy atom. The molecule has 1 saturated heterocycles. The zero-order valence-corrected chi connectivity index (χ0v) is 11.1. The molecule has 0 spiro atoms. The van der Waals surface area contributed by atoms with Gasteiger partial charge in [0.15, 0.2) is 0 Å². The molecular weight excluding hydrogens is 242 g/mol. The van der Waals surface area contributed by atoms with E-state index in [1.165, 1.54) is 25.3 Å². The molecule has 1 aliphatic heterocycles. The zero-order chi connectivity index (χ0) is 13.7. The van der Waals surface area contributed by atoms with Gasteiger partial charge in [-0.3, -0.25) is 0 Å². The van der Waals surface area contributed by atoms with E-state index in [1.807, 2.05) is 0 Å². The number of nitrogens with zero attached hydrogens (tertiary/aromatic N) is 3. The largest absolute Gasteiger partial charge is 0.478 e. The second kappa shape index (κ2) is 6.31. The van der Waals surface area contributed by atoms with Crippen LogP contribution in [0.3, 0.4) is 0 Å². The Kier molecular flexibility index (Phi) is 4.49. The fourth-order valence-corrected chi connectivity index (χ4v) is 2.21. The maximum absolute atomic E-state index is 10.4. The number of carbonyl (C=O) groups is 1. The van der Waals surface area contributed by atoms with Gasteiger partial charge in [-0.25, -0.2) is 14.8 Å². The van der Waals surface area contributed by atoms with E-state index in [-0.39, 0.29) is 0 Å². The average molecular weight is 261 g/mol. The lowest BCUT2D eigenvalue weighted by Gasteiger charge is -2.19. The monoisotopic (exact) mass is 261 g/mol. The molecule has 5 nitrogen and oxygen atoms in total. The van der Waals surface area contributed by atoms with E-state index in [0.717, 1.165) is 31.0 Å². The van der Waals surface area contributed by atoms with Crippen molar-refractivity contribution in [3.05, 3.63) is 24.0 Å². The number of aromatic nitrogens is 2. The standard InChI is InChI=1S/C14H19N3O2/c1-11-3-2-7-17(8-6-11)14-15-9-12(10-16-14)4-5-13(18)19/h4-5,9-11H,2-3,6-8H2,1H3,(H,18,19)/b5-4+. The van der Waals surface area contributed by atoms with Crippen LogP contribution in [0.2, 0.25) is 0 Å². The summed E-state index contributed by atoms with van der Waals surface area (Å²) in [6.07, 6.45) is 9.51. The number of carboxylic acids is 1. The van der Waals surface area contributed by atoms with E-state index in [4.69, 9.17) is 5.11 Å². The van der Waals surface area contributed by atoms with Gasteiger partial charge in [0.1, 0.15) is 0 Å². The molecule has 2 rings (SSSR count). The summed E-state index contributed by atoms with van der Waals surface area (Å²) in [6, 6.07) is 0. The summed E-state index contributed by atoms with van der Waals surface area (Å²) in [6.45, 7) is 4.27. The van der Waals surface area contributed by atoms with Crippen LogP contribution in [0.25, 0.3) is 6.08 Å². The molecule has 1 unspecified atom stereocenters. The Hall–Kier alpha value is -1.91. The molecule has 1 aromatic heterocycles. The van der Waals surface area contributed by atoms with Crippen LogP contribution in [0, 0.1) is 5.92 Å². The normalized spacial score (nSPS) is 20.5. The predicted molar refractivity (Wildman–Crippen MR) is 73.9 cm³/mol. The molecule has 1 fully saturated rings. The first-order valence-corrected chi connectivity index (χ1v) is 6.63. The molecule has 1 atom stereocenters. The lowest BCUT2D eigenvalue weighted by Crippen LogP contribution is -2.26. The van der Waals surface area contributed by atoms with Gasteiger partial charge in [0.25, 0.3) is 0 Å². The Labute approximate surface area is 113 Å². The molecule has 1 aromatic rings. The minimum absolute atomic E-state index is 0.703. The van der Waals surface area contributed by atoms with Crippen LogP contribution in [0.15, 0.2) is 18.5 Å². The quantitative estimate of drug-likeness (QED) is 0.845. The smallest absolute Gasteiger partial charge is 0.328 e. The number of anilines is 1. The maximum atomic E-state index is 10.4. The Bertz CT molecular complexity index is 456. The second-order valence-electron chi connectivity index (χ2n) is 5.01. The molecule has 1 aliphatic rings. The third-order valence-electron chi connectivity index (χ3n) is 3.38. The van der Waals surface area contributed by atoms with E-state index >= 15 is 0 Å². The molecular formula is C14H19N3O2. The van der Waals surface area contributed by atoms with Crippen LogP contribution in [-0.4, -0.2) is 34.1 Å². The van der Waals surface area contributed by atoms with Crippen molar-refractivity contribution in [2.45, 2.75) is 26.2 Å². The maximum Gasteiger partial charge on any atom is 0.328 e. The highest BCUT2D eigenvalue weighted by Crippen LogP contribution is 2.19. The predicted octanol–water partition coefficient (Wildman–Crippen LogP) is 2.20. The Balaban J connectivity index is 2.03. The van der Waals surface area contributed by atoms with E-state index in [0.29, 0.717) is 5.56 Å². The molecule has 19 heavy (non-hydrogen) atoms. The van der Waals surface area contributed by atoms with Crippen LogP contribution in [0.4, 0.5) is 5.95 Å². The highest BCUT2D eigenvalue weighted by molar-refractivity contribution is 5.85. The lowest BCUT2D eigenvalue weighted by atomic mass is 10.0. The Morgan fingerprint density at radius 2 is 2.11 bits per heavy atom. The van der Waals surface area contributed by atoms with Gasteiger partial charge in [-0.15, -0.1) is 0 Å². The number of rotatable bonds is 3. The molecule has 0 radical (unpaired) electrons. The number of hydrogen-bond acceptors (Lipinski definition) is 4. The van der Waals surface area contributed by atoms with E-state index in [9.17, 15) is 4.79 Å². The van der Waals surface area contributed by atoms with Crippen molar-refractivity contribution in [2.75, 3.05) is 18.0 Å². The van der Waals surface area contributed by atoms with Crippen molar-refractivity contribution in [2.24, 2.45) is 5.92 Å². The van der Waals surface area contributed by atoms with Crippen molar-refractivity contribution < 1.29 is 9.90 Å². The van der Waals surface area contributed by atoms with Gasteiger partial charge in [-0.05, 0) is 31.3 Å². The fraction of sp³-hybridized carbons (Fsp3) is 0.500.